The summed E-state index contributed by atoms with van der Waals surface area (Å²) in [5.74, 6) is 3.63. The number of hydrogen-bond donors (Lipinski definition) is 0. The Bertz CT molecular complexity index is 143. The molecule has 0 rings (SSSR count). The van der Waals surface area contributed by atoms with Gasteiger partial charge in [-0.2, -0.15) is 0 Å². The lowest BCUT2D eigenvalue weighted by Crippen LogP contribution is -2.05. The average Bonchev–Trinajstić information content (AvgIpc) is 2.20. The van der Waals surface area contributed by atoms with Gasteiger partial charge in [0.25, 0.3) is 0 Å². The summed E-state index contributed by atoms with van der Waals surface area (Å²) >= 11 is 0. The van der Waals surface area contributed by atoms with E-state index in [9.17, 15) is 0 Å². The van der Waals surface area contributed by atoms with Gasteiger partial charge in [0.2, 0.25) is 0 Å². The molecule has 0 N–H and O–H groups in total. The van der Waals surface area contributed by atoms with Gasteiger partial charge in [-0.05, 0) is 23.7 Å². The van der Waals surface area contributed by atoms with E-state index in [1.165, 1.54) is 44.9 Å². The monoisotopic (exact) mass is 240 g/mol. The summed E-state index contributed by atoms with van der Waals surface area (Å²) < 4.78 is 0. The summed E-state index contributed by atoms with van der Waals surface area (Å²) in [5, 5.41) is 0. The Balaban J connectivity index is 3.84. The summed E-state index contributed by atoms with van der Waals surface area (Å²) in [5.41, 5.74) is 0. The number of rotatable bonds is 10. The van der Waals surface area contributed by atoms with Gasteiger partial charge in [0.15, 0.2) is 0 Å². The topological polar surface area (TPSA) is 0 Å². The van der Waals surface area contributed by atoms with Crippen LogP contribution in [0.4, 0.5) is 0 Å². The van der Waals surface area contributed by atoms with Crippen LogP contribution in [0.1, 0.15) is 86.5 Å². The molecule has 0 heterocycles. The summed E-state index contributed by atoms with van der Waals surface area (Å²) in [6.45, 7) is 14.1. The fourth-order valence-electron chi connectivity index (χ4n) is 2.39. The van der Waals surface area contributed by atoms with Crippen molar-refractivity contribution in [2.45, 2.75) is 86.5 Å². The first-order valence-electron chi connectivity index (χ1n) is 7.91. The van der Waals surface area contributed by atoms with Crippen LogP contribution >= 0.6 is 0 Å². The van der Waals surface area contributed by atoms with Gasteiger partial charge >= 0.3 is 0 Å². The fraction of sp³-hybridized carbons (Fsp3) is 1.00. The van der Waals surface area contributed by atoms with E-state index >= 15 is 0 Å². The maximum absolute atomic E-state index is 2.35. The van der Waals surface area contributed by atoms with Crippen LogP contribution in [0.15, 0.2) is 0 Å². The van der Waals surface area contributed by atoms with Gasteiger partial charge in [0.1, 0.15) is 0 Å². The standard InChI is InChI=1S/C17H36/c1-14(2)8-7-9-17(12-10-15(3)4)13-11-16(5)6/h14-17H,7-13H2,1-6H3. The predicted molar refractivity (Wildman–Crippen MR) is 80.3 cm³/mol. The highest BCUT2D eigenvalue weighted by atomic mass is 14.2. The highest BCUT2D eigenvalue weighted by Crippen LogP contribution is 2.25. The Kier molecular flexibility index (Phi) is 9.97. The van der Waals surface area contributed by atoms with E-state index in [2.05, 4.69) is 41.5 Å². The predicted octanol–water partition coefficient (Wildman–Crippen LogP) is 6.30. The Hall–Kier alpha value is 0. The van der Waals surface area contributed by atoms with Crippen LogP contribution in [0.5, 0.6) is 0 Å². The van der Waals surface area contributed by atoms with E-state index < -0.39 is 0 Å². The smallest absolute Gasteiger partial charge is 0.0414 e. The minimum atomic E-state index is 0.877. The second-order valence-corrected chi connectivity index (χ2v) is 7.13. The van der Waals surface area contributed by atoms with Gasteiger partial charge in [0.05, 0.1) is 0 Å². The van der Waals surface area contributed by atoms with Gasteiger partial charge in [-0.3, -0.25) is 0 Å². The van der Waals surface area contributed by atoms with Crippen LogP contribution in [0, 0.1) is 23.7 Å². The Morgan fingerprint density at radius 3 is 1.24 bits per heavy atom. The molecule has 0 saturated heterocycles. The second-order valence-electron chi connectivity index (χ2n) is 7.13. The Morgan fingerprint density at radius 1 is 0.471 bits per heavy atom. The molecule has 0 saturated carbocycles. The van der Waals surface area contributed by atoms with Crippen LogP contribution in [0.2, 0.25) is 0 Å². The molecule has 0 nitrogen and oxygen atoms in total. The molecule has 0 bridgehead atoms. The zero-order chi connectivity index (χ0) is 13.3. The van der Waals surface area contributed by atoms with Crippen molar-refractivity contribution in [3.63, 3.8) is 0 Å². The van der Waals surface area contributed by atoms with E-state index in [1.54, 1.807) is 0 Å². The van der Waals surface area contributed by atoms with E-state index in [0.717, 1.165) is 23.7 Å². The molecule has 104 valence electrons. The van der Waals surface area contributed by atoms with Crippen LogP contribution in [-0.2, 0) is 0 Å². The Morgan fingerprint density at radius 2 is 0.882 bits per heavy atom. The molecular weight excluding hydrogens is 204 g/mol. The van der Waals surface area contributed by atoms with E-state index in [0.29, 0.717) is 0 Å². The van der Waals surface area contributed by atoms with Gasteiger partial charge < -0.3 is 0 Å². The van der Waals surface area contributed by atoms with Crippen LogP contribution in [0.3, 0.4) is 0 Å². The molecule has 0 aromatic rings. The normalized spacial score (nSPS) is 12.4. The third kappa shape index (κ3) is 12.2. The molecule has 0 heteroatoms. The minimum Gasteiger partial charge on any atom is -0.0628 e. The molecular formula is C17H36. The van der Waals surface area contributed by atoms with Crippen molar-refractivity contribution in [1.82, 2.24) is 0 Å². The number of hydrogen-bond acceptors (Lipinski definition) is 0. The van der Waals surface area contributed by atoms with Crippen molar-refractivity contribution < 1.29 is 0 Å². The van der Waals surface area contributed by atoms with Gasteiger partial charge in [-0.15, -0.1) is 0 Å². The minimum absolute atomic E-state index is 0.877. The van der Waals surface area contributed by atoms with Gasteiger partial charge in [0, 0.05) is 0 Å². The lowest BCUT2D eigenvalue weighted by atomic mass is 9.87. The molecule has 0 atom stereocenters. The zero-order valence-electron chi connectivity index (χ0n) is 13.3. The molecule has 0 amide bonds. The Labute approximate surface area is 111 Å². The van der Waals surface area contributed by atoms with Crippen molar-refractivity contribution in [2.75, 3.05) is 0 Å². The molecule has 0 unspecified atom stereocenters. The summed E-state index contributed by atoms with van der Waals surface area (Å²) in [7, 11) is 0. The second kappa shape index (κ2) is 9.97. The van der Waals surface area contributed by atoms with Crippen LogP contribution < -0.4 is 0 Å². The van der Waals surface area contributed by atoms with Crippen molar-refractivity contribution in [2.24, 2.45) is 23.7 Å². The SMILES string of the molecule is CC(C)CCCC(CCC(C)C)CCC(C)C. The third-order valence-corrected chi connectivity index (χ3v) is 3.70. The maximum Gasteiger partial charge on any atom is -0.0414 e. The van der Waals surface area contributed by atoms with Crippen LogP contribution in [0.25, 0.3) is 0 Å². The van der Waals surface area contributed by atoms with Gasteiger partial charge in [-0.25, -0.2) is 0 Å². The average molecular weight is 240 g/mol. The molecule has 0 aliphatic carbocycles. The first-order valence-corrected chi connectivity index (χ1v) is 7.91. The lowest BCUT2D eigenvalue weighted by Gasteiger charge is -2.19. The molecule has 0 aromatic heterocycles. The van der Waals surface area contributed by atoms with Crippen molar-refractivity contribution in [1.29, 1.82) is 0 Å². The quantitative estimate of drug-likeness (QED) is 0.420. The van der Waals surface area contributed by atoms with Crippen LogP contribution in [-0.4, -0.2) is 0 Å². The largest absolute Gasteiger partial charge is 0.0628 e. The van der Waals surface area contributed by atoms with E-state index in [4.69, 9.17) is 0 Å². The van der Waals surface area contributed by atoms with E-state index in [-0.39, 0.29) is 0 Å². The van der Waals surface area contributed by atoms with E-state index in [1.807, 2.05) is 0 Å². The molecule has 0 aliphatic heterocycles. The fourth-order valence-corrected chi connectivity index (χ4v) is 2.39. The zero-order valence-corrected chi connectivity index (χ0v) is 13.3. The highest BCUT2D eigenvalue weighted by Gasteiger charge is 2.11. The summed E-state index contributed by atoms with van der Waals surface area (Å²) in [6.07, 6.45) is 10.1. The molecule has 0 aliphatic rings. The van der Waals surface area contributed by atoms with Gasteiger partial charge in [-0.1, -0.05) is 86.5 Å². The third-order valence-electron chi connectivity index (χ3n) is 3.70. The molecule has 0 radical (unpaired) electrons. The highest BCUT2D eigenvalue weighted by molar-refractivity contribution is 4.63. The first kappa shape index (κ1) is 17.0. The summed E-state index contributed by atoms with van der Waals surface area (Å²) in [6, 6.07) is 0. The first-order chi connectivity index (χ1) is 7.91. The van der Waals surface area contributed by atoms with Crippen molar-refractivity contribution in [3.8, 4) is 0 Å². The van der Waals surface area contributed by atoms with Crippen molar-refractivity contribution >= 4 is 0 Å². The molecule has 0 spiro atoms. The molecule has 0 aromatic carbocycles. The summed E-state index contributed by atoms with van der Waals surface area (Å²) in [4.78, 5) is 0. The lowest BCUT2D eigenvalue weighted by molar-refractivity contribution is 0.334. The molecule has 17 heavy (non-hydrogen) atoms. The van der Waals surface area contributed by atoms with Crippen molar-refractivity contribution in [3.05, 3.63) is 0 Å². The maximum atomic E-state index is 2.35. The molecule has 0 fully saturated rings.